The summed E-state index contributed by atoms with van der Waals surface area (Å²) < 4.78 is 35.2. The zero-order valence-electron chi connectivity index (χ0n) is 7.12. The summed E-state index contributed by atoms with van der Waals surface area (Å²) in [6, 6.07) is 3.27. The number of benzene rings is 1. The van der Waals surface area contributed by atoms with Gasteiger partial charge in [0.15, 0.2) is 9.84 Å². The predicted molar refractivity (Wildman–Crippen MR) is 48.5 cm³/mol. The third-order valence-electron chi connectivity index (χ3n) is 1.69. The fraction of sp³-hybridized carbons (Fsp3) is 0.250. The number of halogens is 1. The summed E-state index contributed by atoms with van der Waals surface area (Å²) in [4.78, 5) is -0.00333. The van der Waals surface area contributed by atoms with Crippen LogP contribution in [0.2, 0.25) is 0 Å². The topological polar surface area (TPSA) is 60.2 Å². The van der Waals surface area contributed by atoms with Crippen molar-refractivity contribution in [1.82, 2.24) is 0 Å². The molecule has 0 aliphatic rings. The molecule has 1 rings (SSSR count). The fourth-order valence-electron chi connectivity index (χ4n) is 0.958. The number of nitrogens with two attached hydrogens (primary N) is 1. The quantitative estimate of drug-likeness (QED) is 0.580. The summed E-state index contributed by atoms with van der Waals surface area (Å²) in [5, 5.41) is 0. The van der Waals surface area contributed by atoms with Gasteiger partial charge in [0.1, 0.15) is 5.82 Å². The highest BCUT2D eigenvalue weighted by Crippen LogP contribution is 2.19. The number of hydrogen-bond acceptors (Lipinski definition) is 3. The van der Waals surface area contributed by atoms with Crippen molar-refractivity contribution < 1.29 is 12.8 Å². The maximum Gasteiger partial charge on any atom is 0.180 e. The van der Waals surface area contributed by atoms with Crippen LogP contribution in [0.3, 0.4) is 0 Å². The number of rotatable bonds is 2. The van der Waals surface area contributed by atoms with E-state index in [0.717, 1.165) is 12.1 Å². The van der Waals surface area contributed by atoms with E-state index in [1.54, 1.807) is 0 Å². The summed E-state index contributed by atoms with van der Waals surface area (Å²) in [5.41, 5.74) is 5.32. The lowest BCUT2D eigenvalue weighted by Gasteiger charge is -2.04. The molecule has 0 amide bonds. The Balaban J connectivity index is 3.33. The molecule has 0 fully saturated rings. The van der Waals surface area contributed by atoms with Gasteiger partial charge >= 0.3 is 0 Å². The van der Waals surface area contributed by atoms with Gasteiger partial charge in [-0.05, 0) is 18.2 Å². The van der Waals surface area contributed by atoms with Crippen molar-refractivity contribution in [2.24, 2.45) is 0 Å². The minimum atomic E-state index is -3.34. The highest BCUT2D eigenvalue weighted by molar-refractivity contribution is 7.91. The molecule has 1 aromatic carbocycles. The van der Waals surface area contributed by atoms with Crippen LogP contribution in [0.25, 0.3) is 0 Å². The molecule has 2 N–H and O–H groups in total. The van der Waals surface area contributed by atoms with Crippen molar-refractivity contribution in [3.63, 3.8) is 0 Å². The van der Waals surface area contributed by atoms with Crippen molar-refractivity contribution in [2.45, 2.75) is 11.8 Å². The van der Waals surface area contributed by atoms with Gasteiger partial charge in [-0.25, -0.2) is 12.8 Å². The Kier molecular flexibility index (Phi) is 2.56. The molecule has 1 aromatic rings. The van der Waals surface area contributed by atoms with Gasteiger partial charge in [0.2, 0.25) is 0 Å². The average Bonchev–Trinajstić information content (AvgIpc) is 2.03. The summed E-state index contributed by atoms with van der Waals surface area (Å²) in [5.74, 6) is -0.574. The normalized spacial score (nSPS) is 11.5. The van der Waals surface area contributed by atoms with E-state index in [1.807, 2.05) is 0 Å². The van der Waals surface area contributed by atoms with Gasteiger partial charge in [-0.2, -0.15) is 0 Å². The molecule has 3 nitrogen and oxygen atoms in total. The minimum Gasteiger partial charge on any atom is -0.398 e. The summed E-state index contributed by atoms with van der Waals surface area (Å²) in [6.07, 6.45) is 0. The van der Waals surface area contributed by atoms with E-state index in [9.17, 15) is 12.8 Å². The molecule has 0 bridgehead atoms. The molecule has 0 unspecified atom stereocenters. The molecule has 72 valence electrons. The molecule has 5 heteroatoms. The maximum atomic E-state index is 12.6. The van der Waals surface area contributed by atoms with Crippen LogP contribution in [0, 0.1) is 5.82 Å². The standard InChI is InChI=1S/C8H10FNO2S/c1-2-13(11,12)8-4-3-6(9)5-7(8)10/h3-5H,2,10H2,1H3. The van der Waals surface area contributed by atoms with Crippen LogP contribution in [-0.2, 0) is 9.84 Å². The van der Waals surface area contributed by atoms with Gasteiger partial charge in [0.25, 0.3) is 0 Å². The van der Waals surface area contributed by atoms with Gasteiger partial charge in [-0.15, -0.1) is 0 Å². The Morgan fingerprint density at radius 1 is 1.46 bits per heavy atom. The van der Waals surface area contributed by atoms with Crippen molar-refractivity contribution >= 4 is 15.5 Å². The molecule has 0 saturated heterocycles. The van der Waals surface area contributed by atoms with E-state index in [2.05, 4.69) is 0 Å². The molecule has 0 radical (unpaired) electrons. The van der Waals surface area contributed by atoms with E-state index in [-0.39, 0.29) is 16.3 Å². The lowest BCUT2D eigenvalue weighted by Crippen LogP contribution is -2.07. The van der Waals surface area contributed by atoms with Gasteiger partial charge < -0.3 is 5.73 Å². The Hall–Kier alpha value is -1.10. The van der Waals surface area contributed by atoms with E-state index in [1.165, 1.54) is 13.0 Å². The fourth-order valence-corrected chi connectivity index (χ4v) is 1.96. The second-order valence-corrected chi connectivity index (χ2v) is 4.83. The summed E-state index contributed by atoms with van der Waals surface area (Å²) >= 11 is 0. The minimum absolute atomic E-state index is 0.00333. The first-order chi connectivity index (χ1) is 5.97. The van der Waals surface area contributed by atoms with Crippen LogP contribution in [0.15, 0.2) is 23.1 Å². The first-order valence-electron chi connectivity index (χ1n) is 3.75. The van der Waals surface area contributed by atoms with Crippen LogP contribution < -0.4 is 5.73 Å². The van der Waals surface area contributed by atoms with Crippen LogP contribution in [-0.4, -0.2) is 14.2 Å². The predicted octanol–water partition coefficient (Wildman–Crippen LogP) is 1.20. The number of nitrogen functional groups attached to an aromatic ring is 1. The SMILES string of the molecule is CCS(=O)(=O)c1ccc(F)cc1N. The van der Waals surface area contributed by atoms with Crippen molar-refractivity contribution in [1.29, 1.82) is 0 Å². The molecule has 0 saturated carbocycles. The molecular formula is C8H10FNO2S. The van der Waals surface area contributed by atoms with Gasteiger partial charge in [0, 0.05) is 0 Å². The Morgan fingerprint density at radius 3 is 2.54 bits per heavy atom. The highest BCUT2D eigenvalue weighted by Gasteiger charge is 2.14. The first-order valence-corrected chi connectivity index (χ1v) is 5.40. The monoisotopic (exact) mass is 203 g/mol. The molecule has 0 spiro atoms. The van der Waals surface area contributed by atoms with Crippen molar-refractivity contribution in [3.8, 4) is 0 Å². The third kappa shape index (κ3) is 1.98. The largest absolute Gasteiger partial charge is 0.398 e. The van der Waals surface area contributed by atoms with E-state index in [0.29, 0.717) is 0 Å². The summed E-state index contributed by atoms with van der Waals surface area (Å²) in [7, 11) is -3.34. The lowest BCUT2D eigenvalue weighted by molar-refractivity contribution is 0.596. The molecular weight excluding hydrogens is 193 g/mol. The summed E-state index contributed by atoms with van der Waals surface area (Å²) in [6.45, 7) is 1.51. The molecule has 0 atom stereocenters. The van der Waals surface area contributed by atoms with Crippen LogP contribution in [0.1, 0.15) is 6.92 Å². The number of hydrogen-bond donors (Lipinski definition) is 1. The molecule has 13 heavy (non-hydrogen) atoms. The number of anilines is 1. The average molecular weight is 203 g/mol. The highest BCUT2D eigenvalue weighted by atomic mass is 32.2. The zero-order valence-corrected chi connectivity index (χ0v) is 7.94. The second kappa shape index (κ2) is 3.33. The van der Waals surface area contributed by atoms with E-state index < -0.39 is 15.7 Å². The Labute approximate surface area is 76.3 Å². The zero-order chi connectivity index (χ0) is 10.1. The second-order valence-electron chi connectivity index (χ2n) is 2.59. The molecule has 0 heterocycles. The first kappa shape index (κ1) is 9.98. The van der Waals surface area contributed by atoms with E-state index >= 15 is 0 Å². The maximum absolute atomic E-state index is 12.6. The van der Waals surface area contributed by atoms with E-state index in [4.69, 9.17) is 5.73 Å². The molecule has 0 aliphatic heterocycles. The Morgan fingerprint density at radius 2 is 2.08 bits per heavy atom. The lowest BCUT2D eigenvalue weighted by atomic mass is 10.3. The van der Waals surface area contributed by atoms with Gasteiger partial charge in [0.05, 0.1) is 16.3 Å². The van der Waals surface area contributed by atoms with Crippen molar-refractivity contribution in [3.05, 3.63) is 24.0 Å². The van der Waals surface area contributed by atoms with Crippen LogP contribution in [0.4, 0.5) is 10.1 Å². The van der Waals surface area contributed by atoms with Crippen LogP contribution in [0.5, 0.6) is 0 Å². The number of sulfone groups is 1. The Bertz CT molecular complexity index is 414. The van der Waals surface area contributed by atoms with Crippen molar-refractivity contribution in [2.75, 3.05) is 11.5 Å². The van der Waals surface area contributed by atoms with Gasteiger partial charge in [-0.3, -0.25) is 0 Å². The molecule has 0 aliphatic carbocycles. The third-order valence-corrected chi connectivity index (χ3v) is 3.49. The smallest absolute Gasteiger partial charge is 0.180 e. The van der Waals surface area contributed by atoms with Crippen LogP contribution >= 0.6 is 0 Å². The molecule has 0 aromatic heterocycles. The van der Waals surface area contributed by atoms with Gasteiger partial charge in [-0.1, -0.05) is 6.92 Å².